The van der Waals surface area contributed by atoms with E-state index in [2.05, 4.69) is 210 Å². The average Bonchev–Trinajstić information content (AvgIpc) is 4.00. The van der Waals surface area contributed by atoms with E-state index in [4.69, 9.17) is 0 Å². The minimum absolute atomic E-state index is 0.0859. The minimum Gasteiger partial charge on any atom is -0.0619 e. The van der Waals surface area contributed by atoms with Crippen LogP contribution in [0.4, 0.5) is 0 Å². The summed E-state index contributed by atoms with van der Waals surface area (Å²) in [7, 11) is 0. The Labute approximate surface area is 382 Å². The molecule has 2 aliphatic carbocycles. The third kappa shape index (κ3) is 4.07. The standard InChI is InChI=1S/C66H42/c1-65(2)52-21-9-7-17-42(52)47-31-38(26-29-54(47)65)57-51-34-49-41-16-6-5-15-40(41)44-19-12-20-45(60(44)49)61(51)59(39-27-30-55-48(32-39)43-18-8-10-22-53(43)66(55,3)4)63-46-28-25-36-24-23-35-13-11-14-37-33-50(64(57)63)62(46)58(36)56(35)37/h5-34H,1-4H3. The van der Waals surface area contributed by atoms with Gasteiger partial charge in [-0.3, -0.25) is 0 Å². The monoisotopic (exact) mass is 834 g/mol. The highest BCUT2D eigenvalue weighted by Crippen LogP contribution is 2.59. The lowest BCUT2D eigenvalue weighted by atomic mass is 9.80. The second-order valence-corrected chi connectivity index (χ2v) is 20.6. The molecular weight excluding hydrogens is 793 g/mol. The highest BCUT2D eigenvalue weighted by Gasteiger charge is 2.38. The van der Waals surface area contributed by atoms with E-state index in [1.54, 1.807) is 0 Å². The van der Waals surface area contributed by atoms with Gasteiger partial charge in [0.1, 0.15) is 0 Å². The molecule has 306 valence electrons. The van der Waals surface area contributed by atoms with Crippen molar-refractivity contribution < 1.29 is 0 Å². The fraction of sp³-hybridized carbons (Fsp3) is 0.0909. The summed E-state index contributed by atoms with van der Waals surface area (Å²) >= 11 is 0. The Morgan fingerprint density at radius 3 is 1.47 bits per heavy atom. The van der Waals surface area contributed by atoms with E-state index < -0.39 is 0 Å². The van der Waals surface area contributed by atoms with Crippen LogP contribution in [-0.2, 0) is 10.8 Å². The summed E-state index contributed by atoms with van der Waals surface area (Å²) in [6.07, 6.45) is 0. The first kappa shape index (κ1) is 35.5. The van der Waals surface area contributed by atoms with E-state index in [9.17, 15) is 0 Å². The van der Waals surface area contributed by atoms with E-state index >= 15 is 0 Å². The van der Waals surface area contributed by atoms with Gasteiger partial charge in [-0.25, -0.2) is 0 Å². The Kier molecular flexibility index (Phi) is 6.31. The molecule has 0 spiro atoms. The first-order valence-corrected chi connectivity index (χ1v) is 23.7. The van der Waals surface area contributed by atoms with Crippen molar-refractivity contribution >= 4 is 97.0 Å². The van der Waals surface area contributed by atoms with Crippen molar-refractivity contribution in [2.24, 2.45) is 0 Å². The molecular formula is C66H42. The second-order valence-electron chi connectivity index (χ2n) is 20.6. The van der Waals surface area contributed by atoms with Crippen molar-refractivity contribution in [3.05, 3.63) is 204 Å². The summed E-state index contributed by atoms with van der Waals surface area (Å²) in [6.45, 7) is 9.58. The van der Waals surface area contributed by atoms with Crippen LogP contribution in [0.5, 0.6) is 0 Å². The molecule has 0 nitrogen and oxygen atoms in total. The predicted molar refractivity (Wildman–Crippen MR) is 284 cm³/mol. The van der Waals surface area contributed by atoms with E-state index in [0.29, 0.717) is 0 Å². The van der Waals surface area contributed by atoms with Gasteiger partial charge in [-0.2, -0.15) is 0 Å². The van der Waals surface area contributed by atoms with Crippen LogP contribution in [0.25, 0.3) is 141 Å². The van der Waals surface area contributed by atoms with Gasteiger partial charge in [0.25, 0.3) is 0 Å². The van der Waals surface area contributed by atoms with Gasteiger partial charge in [0, 0.05) is 10.8 Å². The SMILES string of the molecule is CC1(C)c2ccccc2-c2cc(-c3c4cc5c6ccccc6c6cccc(c4c(-c4ccc7c(c4)-c4ccccc4C7(C)C)c4c7ccc8ccc9cccc%10cc(c34)c7c8c9%10)c65)ccc21. The van der Waals surface area contributed by atoms with Crippen LogP contribution >= 0.6 is 0 Å². The van der Waals surface area contributed by atoms with Crippen LogP contribution in [0.2, 0.25) is 0 Å². The van der Waals surface area contributed by atoms with E-state index in [1.165, 1.54) is 164 Å². The molecule has 0 radical (unpaired) electrons. The highest BCUT2D eigenvalue weighted by atomic mass is 14.4. The molecule has 66 heavy (non-hydrogen) atoms. The van der Waals surface area contributed by atoms with Gasteiger partial charge < -0.3 is 0 Å². The third-order valence-corrected chi connectivity index (χ3v) is 16.8. The molecule has 0 fully saturated rings. The molecule has 0 N–H and O–H groups in total. The van der Waals surface area contributed by atoms with E-state index in [0.717, 1.165) is 0 Å². The van der Waals surface area contributed by atoms with Crippen molar-refractivity contribution in [2.75, 3.05) is 0 Å². The Balaban J connectivity index is 1.18. The molecule has 0 unspecified atom stereocenters. The number of fused-ring (bicyclic) bond motifs is 14. The quantitative estimate of drug-likeness (QED) is 0.152. The lowest BCUT2D eigenvalue weighted by molar-refractivity contribution is 0.660. The fourth-order valence-electron chi connectivity index (χ4n) is 14.0. The Morgan fingerprint density at radius 1 is 0.242 bits per heavy atom. The molecule has 0 amide bonds. The van der Waals surface area contributed by atoms with Crippen LogP contribution in [-0.4, -0.2) is 0 Å². The third-order valence-electron chi connectivity index (χ3n) is 16.8. The zero-order valence-electron chi connectivity index (χ0n) is 37.3. The molecule has 16 rings (SSSR count). The van der Waals surface area contributed by atoms with Gasteiger partial charge in [0.05, 0.1) is 0 Å². The number of hydrogen-bond donors (Lipinski definition) is 0. The Morgan fingerprint density at radius 2 is 0.758 bits per heavy atom. The molecule has 0 heteroatoms. The summed E-state index contributed by atoms with van der Waals surface area (Å²) in [5.41, 5.74) is 16.1. The summed E-state index contributed by atoms with van der Waals surface area (Å²) in [6, 6.07) is 70.8. The molecule has 2 aliphatic rings. The van der Waals surface area contributed by atoms with Crippen molar-refractivity contribution in [3.8, 4) is 44.5 Å². The van der Waals surface area contributed by atoms with Gasteiger partial charge in [-0.15, -0.1) is 0 Å². The molecule has 14 aromatic carbocycles. The molecule has 0 aliphatic heterocycles. The number of benzene rings is 12. The summed E-state index contributed by atoms with van der Waals surface area (Å²) in [4.78, 5) is 0. The normalized spacial score (nSPS) is 14.9. The Hall–Kier alpha value is -7.80. The van der Waals surface area contributed by atoms with Crippen LogP contribution in [0.1, 0.15) is 49.9 Å². The summed E-state index contributed by atoms with van der Waals surface area (Å²) in [5.74, 6) is 0. The minimum atomic E-state index is -0.0859. The maximum Gasteiger partial charge on any atom is 0.0158 e. The van der Waals surface area contributed by atoms with Crippen LogP contribution in [0.15, 0.2) is 182 Å². The van der Waals surface area contributed by atoms with Gasteiger partial charge in [0.15, 0.2) is 0 Å². The predicted octanol–water partition coefficient (Wildman–Crippen LogP) is 18.3. The first-order chi connectivity index (χ1) is 32.3. The largest absolute Gasteiger partial charge is 0.0619 e. The molecule has 0 saturated heterocycles. The highest BCUT2D eigenvalue weighted by molar-refractivity contribution is 6.47. The van der Waals surface area contributed by atoms with Crippen LogP contribution in [0, 0.1) is 0 Å². The lowest BCUT2D eigenvalue weighted by Crippen LogP contribution is -2.14. The van der Waals surface area contributed by atoms with Crippen molar-refractivity contribution in [3.63, 3.8) is 0 Å². The maximum atomic E-state index is 2.60. The molecule has 0 bridgehead atoms. The van der Waals surface area contributed by atoms with Crippen molar-refractivity contribution in [1.29, 1.82) is 0 Å². The number of hydrogen-bond acceptors (Lipinski definition) is 0. The lowest BCUT2D eigenvalue weighted by Gasteiger charge is -2.23. The van der Waals surface area contributed by atoms with Crippen LogP contribution in [0.3, 0.4) is 0 Å². The Bertz CT molecular complexity index is 4500. The molecule has 0 heterocycles. The van der Waals surface area contributed by atoms with Crippen molar-refractivity contribution in [2.45, 2.75) is 38.5 Å². The van der Waals surface area contributed by atoms with Crippen LogP contribution < -0.4 is 0 Å². The topological polar surface area (TPSA) is 0 Å². The molecule has 14 aromatic rings. The van der Waals surface area contributed by atoms with Gasteiger partial charge in [-0.05, 0) is 188 Å². The zero-order chi connectivity index (χ0) is 43.5. The van der Waals surface area contributed by atoms with E-state index in [-0.39, 0.29) is 10.8 Å². The first-order valence-electron chi connectivity index (χ1n) is 23.7. The fourth-order valence-corrected chi connectivity index (χ4v) is 14.0. The van der Waals surface area contributed by atoms with Gasteiger partial charge >= 0.3 is 0 Å². The smallest absolute Gasteiger partial charge is 0.0158 e. The summed E-state index contributed by atoms with van der Waals surface area (Å²) < 4.78 is 0. The maximum absolute atomic E-state index is 2.60. The summed E-state index contributed by atoms with van der Waals surface area (Å²) in [5, 5.41) is 24.1. The molecule has 0 atom stereocenters. The van der Waals surface area contributed by atoms with Gasteiger partial charge in [0.2, 0.25) is 0 Å². The van der Waals surface area contributed by atoms with Crippen molar-refractivity contribution in [1.82, 2.24) is 0 Å². The molecule has 0 aromatic heterocycles. The number of rotatable bonds is 2. The zero-order valence-corrected chi connectivity index (χ0v) is 37.3. The molecule has 0 saturated carbocycles. The van der Waals surface area contributed by atoms with E-state index in [1.807, 2.05) is 0 Å². The average molecular weight is 835 g/mol. The van der Waals surface area contributed by atoms with Gasteiger partial charge in [-0.1, -0.05) is 185 Å². The second kappa shape index (κ2) is 11.7.